The van der Waals surface area contributed by atoms with E-state index in [2.05, 4.69) is 48.9 Å². The zero-order chi connectivity index (χ0) is 18.5. The predicted molar refractivity (Wildman–Crippen MR) is 107 cm³/mol. The summed E-state index contributed by atoms with van der Waals surface area (Å²) in [5.74, 6) is 1.67. The molecular weight excluding hydrogens is 382 g/mol. The molecule has 0 spiro atoms. The zero-order valence-electron chi connectivity index (χ0n) is 14.8. The minimum atomic E-state index is 0.505. The summed E-state index contributed by atoms with van der Waals surface area (Å²) < 4.78 is 7.67. The first-order chi connectivity index (χ1) is 13.3. The second-order valence-corrected chi connectivity index (χ2v) is 7.56. The second-order valence-electron chi connectivity index (χ2n) is 6.23. The summed E-state index contributed by atoms with van der Waals surface area (Å²) >= 11 is 7.53. The Labute approximate surface area is 167 Å². The van der Waals surface area contributed by atoms with E-state index >= 15 is 0 Å². The van der Waals surface area contributed by atoms with E-state index in [0.717, 1.165) is 55.3 Å². The predicted octanol–water partition coefficient (Wildman–Crippen LogP) is 3.50. The second kappa shape index (κ2) is 8.73. The number of hydrogen-bond acceptors (Lipinski definition) is 6. The molecule has 27 heavy (non-hydrogen) atoms. The highest BCUT2D eigenvalue weighted by atomic mass is 35.5. The number of thioether (sulfide) groups is 1. The van der Waals surface area contributed by atoms with Crippen LogP contribution in [0.3, 0.4) is 0 Å². The number of nitrogens with zero attached hydrogens (tertiary/aromatic N) is 5. The molecule has 0 amide bonds. The number of hydrogen-bond donors (Lipinski definition) is 0. The van der Waals surface area contributed by atoms with Gasteiger partial charge in [-0.15, -0.1) is 10.2 Å². The van der Waals surface area contributed by atoms with E-state index in [4.69, 9.17) is 16.3 Å². The zero-order valence-corrected chi connectivity index (χ0v) is 16.4. The lowest BCUT2D eigenvalue weighted by Gasteiger charge is -2.28. The van der Waals surface area contributed by atoms with Crippen LogP contribution in [0, 0.1) is 0 Å². The lowest BCUT2D eigenvalue weighted by atomic mass is 10.2. The number of benzene rings is 1. The SMILES string of the molecule is Clc1ccc(CSc2nnc(N3CCOCC3)n2Cc2ccccc2)cn1. The molecule has 4 rings (SSSR count). The van der Waals surface area contributed by atoms with E-state index in [0.29, 0.717) is 5.15 Å². The van der Waals surface area contributed by atoms with Crippen LogP contribution in [-0.4, -0.2) is 46.1 Å². The van der Waals surface area contributed by atoms with Crippen molar-refractivity contribution in [2.24, 2.45) is 0 Å². The maximum absolute atomic E-state index is 5.87. The summed E-state index contributed by atoms with van der Waals surface area (Å²) in [5, 5.41) is 10.4. The first-order valence-corrected chi connectivity index (χ1v) is 10.2. The third-order valence-corrected chi connectivity index (χ3v) is 5.59. The van der Waals surface area contributed by atoms with Gasteiger partial charge in [0.05, 0.1) is 19.8 Å². The van der Waals surface area contributed by atoms with Crippen molar-refractivity contribution in [1.29, 1.82) is 0 Å². The van der Waals surface area contributed by atoms with E-state index in [-0.39, 0.29) is 0 Å². The highest BCUT2D eigenvalue weighted by Gasteiger charge is 2.21. The smallest absolute Gasteiger partial charge is 0.228 e. The van der Waals surface area contributed by atoms with E-state index in [1.54, 1.807) is 18.0 Å². The first kappa shape index (κ1) is 18.3. The standard InChI is InChI=1S/C19H20ClN5OS/c20-17-7-6-16(12-21-17)14-27-19-23-22-18(24-8-10-26-11-9-24)25(19)13-15-4-2-1-3-5-15/h1-7,12H,8-11,13-14H2. The van der Waals surface area contributed by atoms with Crippen molar-refractivity contribution < 1.29 is 4.74 Å². The van der Waals surface area contributed by atoms with Gasteiger partial charge in [0.15, 0.2) is 5.16 Å². The average Bonchev–Trinajstić information content (AvgIpc) is 3.11. The van der Waals surface area contributed by atoms with Gasteiger partial charge in [-0.3, -0.25) is 4.57 Å². The van der Waals surface area contributed by atoms with Gasteiger partial charge < -0.3 is 9.64 Å². The maximum Gasteiger partial charge on any atom is 0.228 e. The molecule has 140 valence electrons. The number of ether oxygens (including phenoxy) is 1. The van der Waals surface area contributed by atoms with Crippen LogP contribution in [0.15, 0.2) is 53.8 Å². The first-order valence-electron chi connectivity index (χ1n) is 8.82. The lowest BCUT2D eigenvalue weighted by molar-refractivity contribution is 0.121. The summed E-state index contributed by atoms with van der Waals surface area (Å²) in [7, 11) is 0. The van der Waals surface area contributed by atoms with E-state index in [9.17, 15) is 0 Å². The fraction of sp³-hybridized carbons (Fsp3) is 0.316. The van der Waals surface area contributed by atoms with Crippen molar-refractivity contribution in [3.8, 4) is 0 Å². The maximum atomic E-state index is 5.87. The quantitative estimate of drug-likeness (QED) is 0.465. The molecule has 0 radical (unpaired) electrons. The van der Waals surface area contributed by atoms with Gasteiger partial charge in [-0.05, 0) is 17.2 Å². The van der Waals surface area contributed by atoms with Crippen LogP contribution in [0.4, 0.5) is 5.95 Å². The Morgan fingerprint density at radius 1 is 1.00 bits per heavy atom. The summed E-state index contributed by atoms with van der Waals surface area (Å²) in [6.07, 6.45) is 1.80. The van der Waals surface area contributed by atoms with Gasteiger partial charge in [-0.2, -0.15) is 0 Å². The summed E-state index contributed by atoms with van der Waals surface area (Å²) in [6, 6.07) is 14.2. The molecule has 2 aromatic heterocycles. The number of halogens is 1. The Morgan fingerprint density at radius 2 is 1.81 bits per heavy atom. The van der Waals surface area contributed by atoms with Gasteiger partial charge in [0, 0.05) is 25.0 Å². The molecule has 0 atom stereocenters. The molecule has 1 saturated heterocycles. The minimum absolute atomic E-state index is 0.505. The lowest BCUT2D eigenvalue weighted by Crippen LogP contribution is -2.38. The van der Waals surface area contributed by atoms with Crippen LogP contribution < -0.4 is 4.90 Å². The Balaban J connectivity index is 1.57. The van der Waals surface area contributed by atoms with E-state index in [1.165, 1.54) is 5.56 Å². The molecule has 0 bridgehead atoms. The van der Waals surface area contributed by atoms with Gasteiger partial charge in [-0.25, -0.2) is 4.98 Å². The number of morpholine rings is 1. The molecule has 1 fully saturated rings. The van der Waals surface area contributed by atoms with Crippen LogP contribution in [0.2, 0.25) is 5.15 Å². The van der Waals surface area contributed by atoms with Crippen LogP contribution in [0.1, 0.15) is 11.1 Å². The number of aromatic nitrogens is 4. The molecule has 6 nitrogen and oxygen atoms in total. The normalized spacial score (nSPS) is 14.5. The molecule has 3 heterocycles. The summed E-state index contributed by atoms with van der Waals surface area (Å²) in [4.78, 5) is 6.39. The molecule has 1 aliphatic heterocycles. The monoisotopic (exact) mass is 401 g/mol. The molecule has 3 aromatic rings. The van der Waals surface area contributed by atoms with Crippen LogP contribution in [-0.2, 0) is 17.0 Å². The van der Waals surface area contributed by atoms with Gasteiger partial charge in [0.25, 0.3) is 0 Å². The molecule has 0 unspecified atom stereocenters. The van der Waals surface area contributed by atoms with Crippen LogP contribution >= 0.6 is 23.4 Å². The molecule has 1 aliphatic rings. The Kier molecular flexibility index (Phi) is 5.91. The third-order valence-electron chi connectivity index (χ3n) is 4.33. The average molecular weight is 402 g/mol. The molecule has 0 saturated carbocycles. The molecule has 8 heteroatoms. The largest absolute Gasteiger partial charge is 0.378 e. The molecule has 1 aromatic carbocycles. The molecular formula is C19H20ClN5OS. The summed E-state index contributed by atoms with van der Waals surface area (Å²) in [5.41, 5.74) is 2.33. The Hall–Kier alpha value is -2.09. The van der Waals surface area contributed by atoms with Gasteiger partial charge in [0.1, 0.15) is 5.15 Å². The topological polar surface area (TPSA) is 56.1 Å². The van der Waals surface area contributed by atoms with Gasteiger partial charge in [-0.1, -0.05) is 59.8 Å². The highest BCUT2D eigenvalue weighted by Crippen LogP contribution is 2.26. The Morgan fingerprint density at radius 3 is 2.56 bits per heavy atom. The van der Waals surface area contributed by atoms with Crippen molar-refractivity contribution in [3.05, 3.63) is 64.9 Å². The molecule has 0 aliphatic carbocycles. The van der Waals surface area contributed by atoms with Crippen LogP contribution in [0.5, 0.6) is 0 Å². The van der Waals surface area contributed by atoms with E-state index in [1.807, 2.05) is 18.2 Å². The third kappa shape index (κ3) is 4.61. The fourth-order valence-electron chi connectivity index (χ4n) is 2.93. The van der Waals surface area contributed by atoms with Crippen molar-refractivity contribution in [3.63, 3.8) is 0 Å². The van der Waals surface area contributed by atoms with Crippen LogP contribution in [0.25, 0.3) is 0 Å². The number of anilines is 1. The van der Waals surface area contributed by atoms with E-state index < -0.39 is 0 Å². The van der Waals surface area contributed by atoms with Crippen molar-refractivity contribution in [2.45, 2.75) is 17.5 Å². The fourth-order valence-corrected chi connectivity index (χ4v) is 3.91. The highest BCUT2D eigenvalue weighted by molar-refractivity contribution is 7.98. The van der Waals surface area contributed by atoms with Crippen molar-refractivity contribution in [1.82, 2.24) is 19.7 Å². The minimum Gasteiger partial charge on any atom is -0.378 e. The van der Waals surface area contributed by atoms with Gasteiger partial charge >= 0.3 is 0 Å². The summed E-state index contributed by atoms with van der Waals surface area (Å²) in [6.45, 7) is 3.84. The number of pyridine rings is 1. The molecule has 0 N–H and O–H groups in total. The van der Waals surface area contributed by atoms with Crippen molar-refractivity contribution >= 4 is 29.3 Å². The Bertz CT molecular complexity index is 866. The van der Waals surface area contributed by atoms with Crippen molar-refractivity contribution in [2.75, 3.05) is 31.2 Å². The number of rotatable bonds is 6. The van der Waals surface area contributed by atoms with Gasteiger partial charge in [0.2, 0.25) is 5.95 Å².